The maximum atomic E-state index is 12.2. The number of esters is 1. The van der Waals surface area contributed by atoms with Gasteiger partial charge in [0, 0.05) is 5.92 Å². The average molecular weight is 284 g/mol. The zero-order chi connectivity index (χ0) is 15.4. The molecule has 2 unspecified atom stereocenters. The van der Waals surface area contributed by atoms with Gasteiger partial charge >= 0.3 is 5.97 Å². The number of Topliss-reactive ketones (excluding diaryl/α,β-unsaturated/α-hetero) is 1. The molecule has 0 amide bonds. The van der Waals surface area contributed by atoms with Crippen molar-refractivity contribution in [3.8, 4) is 0 Å². The number of unbranched alkanes of at least 4 members (excludes halogenated alkanes) is 3. The second kappa shape index (κ2) is 11.9. The summed E-state index contributed by atoms with van der Waals surface area (Å²) in [4.78, 5) is 24.0. The molecule has 0 aliphatic rings. The van der Waals surface area contributed by atoms with E-state index in [0.29, 0.717) is 6.61 Å². The van der Waals surface area contributed by atoms with Crippen LogP contribution in [-0.2, 0) is 14.3 Å². The van der Waals surface area contributed by atoms with Crippen LogP contribution in [0.3, 0.4) is 0 Å². The van der Waals surface area contributed by atoms with Crippen LogP contribution < -0.4 is 0 Å². The Labute approximate surface area is 124 Å². The standard InChI is InChI=1S/C17H32O3/c1-5-8-9-10-13-20-17(19)16(12-7-3)15(11-6-2)14(4)18/h15-16H,5-13H2,1-4H3. The molecule has 20 heavy (non-hydrogen) atoms. The van der Waals surface area contributed by atoms with Gasteiger partial charge in [-0.2, -0.15) is 0 Å². The Morgan fingerprint density at radius 2 is 1.45 bits per heavy atom. The van der Waals surface area contributed by atoms with Gasteiger partial charge in [0.25, 0.3) is 0 Å². The van der Waals surface area contributed by atoms with Crippen LogP contribution in [0.25, 0.3) is 0 Å². The summed E-state index contributed by atoms with van der Waals surface area (Å²) in [6.07, 6.45) is 7.75. The van der Waals surface area contributed by atoms with Gasteiger partial charge in [0.2, 0.25) is 0 Å². The van der Waals surface area contributed by atoms with Crippen LogP contribution in [0.5, 0.6) is 0 Å². The third-order valence-corrected chi connectivity index (χ3v) is 3.75. The SMILES string of the molecule is CCCCCCOC(=O)C(CCC)C(CCC)C(C)=O. The molecule has 0 aliphatic carbocycles. The van der Waals surface area contributed by atoms with Gasteiger partial charge in [-0.15, -0.1) is 0 Å². The lowest BCUT2D eigenvalue weighted by atomic mass is 9.83. The van der Waals surface area contributed by atoms with E-state index in [1.807, 2.05) is 6.92 Å². The molecular weight excluding hydrogens is 252 g/mol. The average Bonchev–Trinajstić information content (AvgIpc) is 2.42. The Bertz CT molecular complexity index is 273. The molecule has 0 spiro atoms. The topological polar surface area (TPSA) is 43.4 Å². The Balaban J connectivity index is 4.39. The van der Waals surface area contributed by atoms with Gasteiger partial charge in [0.15, 0.2) is 0 Å². The second-order valence-electron chi connectivity index (χ2n) is 5.63. The maximum absolute atomic E-state index is 12.2. The summed E-state index contributed by atoms with van der Waals surface area (Å²) < 4.78 is 5.39. The summed E-state index contributed by atoms with van der Waals surface area (Å²) in [6, 6.07) is 0. The lowest BCUT2D eigenvalue weighted by Crippen LogP contribution is -2.30. The summed E-state index contributed by atoms with van der Waals surface area (Å²) in [5, 5.41) is 0. The summed E-state index contributed by atoms with van der Waals surface area (Å²) in [5.41, 5.74) is 0. The first kappa shape index (κ1) is 19.1. The minimum atomic E-state index is -0.247. The van der Waals surface area contributed by atoms with E-state index in [9.17, 15) is 9.59 Å². The van der Waals surface area contributed by atoms with Crippen LogP contribution in [0, 0.1) is 11.8 Å². The van der Waals surface area contributed by atoms with E-state index >= 15 is 0 Å². The number of rotatable bonds is 12. The molecule has 0 aromatic carbocycles. The van der Waals surface area contributed by atoms with E-state index in [-0.39, 0.29) is 23.6 Å². The van der Waals surface area contributed by atoms with Crippen molar-refractivity contribution in [3.63, 3.8) is 0 Å². The molecule has 3 nitrogen and oxygen atoms in total. The van der Waals surface area contributed by atoms with Crippen molar-refractivity contribution in [1.82, 2.24) is 0 Å². The Hall–Kier alpha value is -0.860. The Morgan fingerprint density at radius 3 is 1.95 bits per heavy atom. The molecule has 0 rings (SSSR count). The van der Waals surface area contributed by atoms with Gasteiger partial charge in [-0.05, 0) is 26.2 Å². The lowest BCUT2D eigenvalue weighted by Gasteiger charge is -2.23. The minimum absolute atomic E-state index is 0.119. The Kier molecular flexibility index (Phi) is 11.4. The minimum Gasteiger partial charge on any atom is -0.465 e. The van der Waals surface area contributed by atoms with Crippen molar-refractivity contribution < 1.29 is 14.3 Å². The fourth-order valence-corrected chi connectivity index (χ4v) is 2.60. The molecule has 0 aromatic heterocycles. The highest BCUT2D eigenvalue weighted by Gasteiger charge is 2.31. The fraction of sp³-hybridized carbons (Fsp3) is 0.882. The summed E-state index contributed by atoms with van der Waals surface area (Å²) in [7, 11) is 0. The third-order valence-electron chi connectivity index (χ3n) is 3.75. The van der Waals surface area contributed by atoms with Gasteiger partial charge in [0.05, 0.1) is 12.5 Å². The first-order valence-corrected chi connectivity index (χ1v) is 8.25. The molecule has 0 aromatic rings. The van der Waals surface area contributed by atoms with Gasteiger partial charge in [-0.25, -0.2) is 0 Å². The number of carbonyl (C=O) groups excluding carboxylic acids is 2. The van der Waals surface area contributed by atoms with E-state index in [1.54, 1.807) is 6.92 Å². The van der Waals surface area contributed by atoms with Gasteiger partial charge in [-0.3, -0.25) is 9.59 Å². The van der Waals surface area contributed by atoms with Crippen LogP contribution >= 0.6 is 0 Å². The summed E-state index contributed by atoms with van der Waals surface area (Å²) >= 11 is 0. The molecule has 3 heteroatoms. The molecule has 0 bridgehead atoms. The number of ketones is 1. The van der Waals surface area contributed by atoms with E-state index in [4.69, 9.17) is 4.74 Å². The maximum Gasteiger partial charge on any atom is 0.309 e. The van der Waals surface area contributed by atoms with Crippen LogP contribution in [-0.4, -0.2) is 18.4 Å². The molecule has 0 heterocycles. The number of hydrogen-bond acceptors (Lipinski definition) is 3. The number of ether oxygens (including phenoxy) is 1. The summed E-state index contributed by atoms with van der Waals surface area (Å²) in [6.45, 7) is 8.35. The molecule has 0 radical (unpaired) electrons. The van der Waals surface area contributed by atoms with Crippen LogP contribution in [0.1, 0.15) is 79.1 Å². The largest absolute Gasteiger partial charge is 0.465 e. The zero-order valence-electron chi connectivity index (χ0n) is 13.7. The normalized spacial score (nSPS) is 13.8. The molecule has 0 aliphatic heterocycles. The van der Waals surface area contributed by atoms with Gasteiger partial charge in [-0.1, -0.05) is 52.9 Å². The molecular formula is C17H32O3. The monoisotopic (exact) mass is 284 g/mol. The summed E-state index contributed by atoms with van der Waals surface area (Å²) in [5.74, 6) is -0.461. The van der Waals surface area contributed by atoms with E-state index in [1.165, 1.54) is 12.8 Å². The zero-order valence-corrected chi connectivity index (χ0v) is 13.7. The molecule has 0 fully saturated rings. The molecule has 118 valence electrons. The van der Waals surface area contributed by atoms with Crippen LogP contribution in [0.2, 0.25) is 0 Å². The second-order valence-corrected chi connectivity index (χ2v) is 5.63. The van der Waals surface area contributed by atoms with E-state index in [0.717, 1.165) is 38.5 Å². The highest BCUT2D eigenvalue weighted by atomic mass is 16.5. The number of hydrogen-bond donors (Lipinski definition) is 0. The van der Waals surface area contributed by atoms with Crippen LogP contribution in [0.4, 0.5) is 0 Å². The highest BCUT2D eigenvalue weighted by Crippen LogP contribution is 2.25. The molecule has 0 N–H and O–H groups in total. The van der Waals surface area contributed by atoms with Gasteiger partial charge < -0.3 is 4.74 Å². The fourth-order valence-electron chi connectivity index (χ4n) is 2.60. The van der Waals surface area contributed by atoms with Crippen molar-refractivity contribution in [2.24, 2.45) is 11.8 Å². The predicted octanol–water partition coefficient (Wildman–Crippen LogP) is 4.53. The molecule has 0 saturated carbocycles. The van der Waals surface area contributed by atoms with Crippen molar-refractivity contribution in [2.75, 3.05) is 6.61 Å². The molecule has 0 saturated heterocycles. The first-order chi connectivity index (χ1) is 9.58. The quantitative estimate of drug-likeness (QED) is 0.390. The van der Waals surface area contributed by atoms with Gasteiger partial charge in [0.1, 0.15) is 5.78 Å². The Morgan fingerprint density at radius 1 is 0.850 bits per heavy atom. The van der Waals surface area contributed by atoms with E-state index in [2.05, 4.69) is 13.8 Å². The number of carbonyl (C=O) groups is 2. The van der Waals surface area contributed by atoms with Crippen molar-refractivity contribution in [2.45, 2.75) is 79.1 Å². The smallest absolute Gasteiger partial charge is 0.309 e. The molecule has 2 atom stereocenters. The van der Waals surface area contributed by atoms with Crippen molar-refractivity contribution in [3.05, 3.63) is 0 Å². The van der Waals surface area contributed by atoms with E-state index < -0.39 is 0 Å². The predicted molar refractivity (Wildman–Crippen MR) is 82.6 cm³/mol. The highest BCUT2D eigenvalue weighted by molar-refractivity contribution is 5.85. The van der Waals surface area contributed by atoms with Crippen LogP contribution in [0.15, 0.2) is 0 Å². The van der Waals surface area contributed by atoms with Crippen molar-refractivity contribution >= 4 is 11.8 Å². The first-order valence-electron chi connectivity index (χ1n) is 8.25. The third kappa shape index (κ3) is 7.66. The lowest BCUT2D eigenvalue weighted by molar-refractivity contribution is -0.153. The van der Waals surface area contributed by atoms with Crippen molar-refractivity contribution in [1.29, 1.82) is 0 Å².